The van der Waals surface area contributed by atoms with E-state index in [4.69, 9.17) is 0 Å². The predicted octanol–water partition coefficient (Wildman–Crippen LogP) is 1.44. The van der Waals surface area contributed by atoms with Crippen LogP contribution in [0.1, 0.15) is 38.5 Å². The van der Waals surface area contributed by atoms with Crippen LogP contribution in [0.5, 0.6) is 0 Å². The Morgan fingerprint density at radius 2 is 1.90 bits per heavy atom. The summed E-state index contributed by atoms with van der Waals surface area (Å²) in [7, 11) is 1.96. The van der Waals surface area contributed by atoms with E-state index in [1.165, 1.54) is 58.2 Å². The SMILES string of the molecule is CNC(C#N)(CN1CCC(N2CCCCC2)C1)C1CC1. The summed E-state index contributed by atoms with van der Waals surface area (Å²) in [4.78, 5) is 5.21. The quantitative estimate of drug-likeness (QED) is 0.825. The molecule has 2 heterocycles. The van der Waals surface area contributed by atoms with E-state index >= 15 is 0 Å². The van der Waals surface area contributed by atoms with E-state index in [2.05, 4.69) is 21.2 Å². The molecule has 1 saturated carbocycles. The van der Waals surface area contributed by atoms with Crippen molar-refractivity contribution in [2.75, 3.05) is 39.8 Å². The first-order valence-electron chi connectivity index (χ1n) is 8.34. The van der Waals surface area contributed by atoms with E-state index in [9.17, 15) is 5.26 Å². The van der Waals surface area contributed by atoms with Gasteiger partial charge in [0.05, 0.1) is 6.07 Å². The van der Waals surface area contributed by atoms with Gasteiger partial charge in [-0.3, -0.25) is 9.80 Å². The van der Waals surface area contributed by atoms with Gasteiger partial charge in [-0.05, 0) is 64.7 Å². The lowest BCUT2D eigenvalue weighted by Crippen LogP contribution is -2.53. The molecule has 0 spiro atoms. The standard InChI is InChI=1S/C16H28N4/c1-18-16(12-17,14-5-6-14)13-19-10-7-15(11-19)20-8-3-2-4-9-20/h14-15,18H,2-11,13H2,1H3. The molecule has 2 aliphatic heterocycles. The topological polar surface area (TPSA) is 42.3 Å². The number of nitrogens with one attached hydrogen (secondary N) is 1. The van der Waals surface area contributed by atoms with Crippen molar-refractivity contribution in [1.82, 2.24) is 15.1 Å². The highest BCUT2D eigenvalue weighted by atomic mass is 15.3. The van der Waals surface area contributed by atoms with E-state index < -0.39 is 0 Å². The normalized spacial score (nSPS) is 31.9. The van der Waals surface area contributed by atoms with E-state index in [0.29, 0.717) is 5.92 Å². The maximum Gasteiger partial charge on any atom is 0.122 e. The summed E-state index contributed by atoms with van der Waals surface area (Å²) < 4.78 is 0. The van der Waals surface area contributed by atoms with Gasteiger partial charge in [0.25, 0.3) is 0 Å². The van der Waals surface area contributed by atoms with Crippen molar-refractivity contribution in [3.63, 3.8) is 0 Å². The van der Waals surface area contributed by atoms with Crippen molar-refractivity contribution in [2.24, 2.45) is 5.92 Å². The molecule has 3 aliphatic rings. The highest BCUT2D eigenvalue weighted by Gasteiger charge is 2.46. The van der Waals surface area contributed by atoms with Crippen LogP contribution in [-0.2, 0) is 0 Å². The second kappa shape index (κ2) is 6.01. The summed E-state index contributed by atoms with van der Waals surface area (Å²) in [6.07, 6.45) is 7.88. The Balaban J connectivity index is 1.55. The molecule has 20 heavy (non-hydrogen) atoms. The number of nitriles is 1. The summed E-state index contributed by atoms with van der Waals surface area (Å²) in [6, 6.07) is 3.32. The van der Waals surface area contributed by atoms with Gasteiger partial charge in [-0.2, -0.15) is 5.26 Å². The third kappa shape index (κ3) is 2.86. The molecule has 1 aliphatic carbocycles. The fourth-order valence-corrected chi connectivity index (χ4v) is 4.06. The van der Waals surface area contributed by atoms with Gasteiger partial charge in [-0.15, -0.1) is 0 Å². The Morgan fingerprint density at radius 1 is 1.15 bits per heavy atom. The lowest BCUT2D eigenvalue weighted by Gasteiger charge is -2.34. The summed E-state index contributed by atoms with van der Waals surface area (Å²) >= 11 is 0. The molecule has 4 nitrogen and oxygen atoms in total. The van der Waals surface area contributed by atoms with Crippen LogP contribution in [0.25, 0.3) is 0 Å². The van der Waals surface area contributed by atoms with E-state index in [-0.39, 0.29) is 5.54 Å². The van der Waals surface area contributed by atoms with Gasteiger partial charge in [0.1, 0.15) is 5.54 Å². The van der Waals surface area contributed by atoms with Crippen molar-refractivity contribution in [3.8, 4) is 6.07 Å². The summed E-state index contributed by atoms with van der Waals surface area (Å²) in [5, 5.41) is 12.9. The Bertz CT molecular complexity index is 367. The maximum absolute atomic E-state index is 9.61. The van der Waals surface area contributed by atoms with E-state index in [0.717, 1.165) is 19.1 Å². The molecule has 112 valence electrons. The average molecular weight is 276 g/mol. The van der Waals surface area contributed by atoms with Crippen LogP contribution in [0.4, 0.5) is 0 Å². The zero-order valence-electron chi connectivity index (χ0n) is 12.8. The molecule has 0 aromatic rings. The molecule has 2 saturated heterocycles. The molecule has 0 amide bonds. The van der Waals surface area contributed by atoms with Gasteiger partial charge >= 0.3 is 0 Å². The van der Waals surface area contributed by atoms with Crippen LogP contribution < -0.4 is 5.32 Å². The number of nitrogens with zero attached hydrogens (tertiary/aromatic N) is 3. The van der Waals surface area contributed by atoms with Gasteiger partial charge in [0.2, 0.25) is 0 Å². The lowest BCUT2D eigenvalue weighted by molar-refractivity contribution is 0.155. The number of likely N-dealkylation sites (N-methyl/N-ethyl adjacent to an activating group) is 1. The minimum atomic E-state index is -0.295. The molecular formula is C16H28N4. The summed E-state index contributed by atoms with van der Waals surface area (Å²) in [6.45, 7) is 5.82. The van der Waals surface area contributed by atoms with Crippen LogP contribution in [0.2, 0.25) is 0 Å². The molecule has 2 atom stereocenters. The molecule has 1 N–H and O–H groups in total. The van der Waals surface area contributed by atoms with Crippen molar-refractivity contribution in [1.29, 1.82) is 5.26 Å². The fourth-order valence-electron chi connectivity index (χ4n) is 4.06. The molecule has 0 aromatic carbocycles. The van der Waals surface area contributed by atoms with Gasteiger partial charge in [0.15, 0.2) is 0 Å². The third-order valence-corrected chi connectivity index (χ3v) is 5.55. The van der Waals surface area contributed by atoms with Crippen LogP contribution in [0.3, 0.4) is 0 Å². The van der Waals surface area contributed by atoms with E-state index in [1.807, 2.05) is 7.05 Å². The van der Waals surface area contributed by atoms with Gasteiger partial charge < -0.3 is 5.32 Å². The van der Waals surface area contributed by atoms with Crippen LogP contribution in [0, 0.1) is 17.2 Å². The van der Waals surface area contributed by atoms with Gasteiger partial charge in [0, 0.05) is 19.1 Å². The first kappa shape index (κ1) is 14.3. The molecule has 2 unspecified atom stereocenters. The minimum absolute atomic E-state index is 0.295. The Morgan fingerprint density at radius 3 is 2.50 bits per heavy atom. The molecular weight excluding hydrogens is 248 g/mol. The van der Waals surface area contributed by atoms with Crippen LogP contribution in [-0.4, -0.2) is 61.2 Å². The van der Waals surface area contributed by atoms with Crippen molar-refractivity contribution in [3.05, 3.63) is 0 Å². The molecule has 3 fully saturated rings. The Hall–Kier alpha value is -0.630. The zero-order valence-corrected chi connectivity index (χ0v) is 12.8. The van der Waals surface area contributed by atoms with Crippen LogP contribution >= 0.6 is 0 Å². The van der Waals surface area contributed by atoms with Crippen molar-refractivity contribution in [2.45, 2.75) is 50.1 Å². The number of hydrogen-bond donors (Lipinski definition) is 1. The van der Waals surface area contributed by atoms with E-state index in [1.54, 1.807) is 0 Å². The number of rotatable bonds is 5. The molecule has 0 bridgehead atoms. The summed E-state index contributed by atoms with van der Waals surface area (Å²) in [5.74, 6) is 0.575. The van der Waals surface area contributed by atoms with Gasteiger partial charge in [-0.25, -0.2) is 0 Å². The first-order valence-corrected chi connectivity index (χ1v) is 8.34. The first-order chi connectivity index (χ1) is 9.77. The number of likely N-dealkylation sites (tertiary alicyclic amines) is 2. The largest absolute Gasteiger partial charge is 0.301 e. The van der Waals surface area contributed by atoms with Crippen molar-refractivity contribution >= 4 is 0 Å². The highest BCUT2D eigenvalue weighted by molar-refractivity contribution is 5.16. The maximum atomic E-state index is 9.61. The van der Waals surface area contributed by atoms with Crippen molar-refractivity contribution < 1.29 is 0 Å². The molecule has 0 radical (unpaired) electrons. The molecule has 0 aromatic heterocycles. The smallest absolute Gasteiger partial charge is 0.122 e. The summed E-state index contributed by atoms with van der Waals surface area (Å²) in [5.41, 5.74) is -0.295. The third-order valence-electron chi connectivity index (χ3n) is 5.55. The molecule has 3 rings (SSSR count). The monoisotopic (exact) mass is 276 g/mol. The molecule has 4 heteroatoms. The lowest BCUT2D eigenvalue weighted by atomic mass is 9.94. The second-order valence-electron chi connectivity index (χ2n) is 6.88. The number of hydrogen-bond acceptors (Lipinski definition) is 4. The average Bonchev–Trinajstić information content (AvgIpc) is 3.26. The number of piperidine rings is 1. The zero-order chi connectivity index (χ0) is 14.0. The highest BCUT2D eigenvalue weighted by Crippen LogP contribution is 2.40. The minimum Gasteiger partial charge on any atom is -0.301 e. The predicted molar refractivity (Wildman–Crippen MR) is 80.4 cm³/mol. The van der Waals surface area contributed by atoms with Crippen LogP contribution in [0.15, 0.2) is 0 Å². The second-order valence-corrected chi connectivity index (χ2v) is 6.88. The Kier molecular flexibility index (Phi) is 4.30. The Labute approximate surface area is 123 Å². The fraction of sp³-hybridized carbons (Fsp3) is 0.938. The van der Waals surface area contributed by atoms with Gasteiger partial charge in [-0.1, -0.05) is 6.42 Å².